The Kier molecular flexibility index (Phi) is 10.1. The van der Waals surface area contributed by atoms with Gasteiger partial charge >= 0.3 is 0 Å². The number of carbonyl (C=O) groups is 2. The van der Waals surface area contributed by atoms with E-state index in [1.807, 2.05) is 43.4 Å². The Morgan fingerprint density at radius 3 is 2.22 bits per heavy atom. The Morgan fingerprint density at radius 2 is 1.54 bits per heavy atom. The number of rotatable bonds is 12. The van der Waals surface area contributed by atoms with Crippen LogP contribution in [0.1, 0.15) is 36.8 Å². The van der Waals surface area contributed by atoms with Gasteiger partial charge in [-0.05, 0) is 36.6 Å². The minimum atomic E-state index is 0.101. The SMILES string of the molecule is COc1nc(-c2cccc(-c3ccnc(-c4ccc5c(CNC[C@H]6CCC(=O)N6)cn(C)c5c4)c3Cl)c2Cl)ccc1CNC[C@H]1CCC(=O)N1. The van der Waals surface area contributed by atoms with Gasteiger partial charge < -0.3 is 30.6 Å². The number of hydrogen-bond acceptors (Lipinski definition) is 7. The van der Waals surface area contributed by atoms with Crippen molar-refractivity contribution < 1.29 is 14.3 Å². The maximum atomic E-state index is 11.5. The van der Waals surface area contributed by atoms with Gasteiger partial charge in [-0.3, -0.25) is 14.6 Å². The van der Waals surface area contributed by atoms with Crippen molar-refractivity contribution in [1.29, 1.82) is 0 Å². The third-order valence-corrected chi connectivity index (χ3v) is 10.3. The molecule has 7 rings (SSSR count). The average Bonchev–Trinajstić information content (AvgIpc) is 3.83. The number of amides is 2. The van der Waals surface area contributed by atoms with E-state index in [1.54, 1.807) is 13.3 Å². The molecule has 2 saturated heterocycles. The van der Waals surface area contributed by atoms with E-state index in [9.17, 15) is 9.59 Å². The van der Waals surface area contributed by atoms with Crippen LogP contribution in [0.4, 0.5) is 0 Å². The molecule has 10 nitrogen and oxygen atoms in total. The van der Waals surface area contributed by atoms with Crippen molar-refractivity contribution in [2.45, 2.75) is 50.9 Å². The summed E-state index contributed by atoms with van der Waals surface area (Å²) in [5.41, 5.74) is 7.71. The summed E-state index contributed by atoms with van der Waals surface area (Å²) >= 11 is 14.2. The Morgan fingerprint density at radius 1 is 0.860 bits per heavy atom. The van der Waals surface area contributed by atoms with Crippen molar-refractivity contribution in [3.05, 3.63) is 88.2 Å². The van der Waals surface area contributed by atoms with E-state index in [-0.39, 0.29) is 23.9 Å². The molecule has 5 aromatic rings. The van der Waals surface area contributed by atoms with Crippen LogP contribution in [0.5, 0.6) is 5.88 Å². The number of fused-ring (bicyclic) bond motifs is 1. The molecular weight excluding hydrogens is 673 g/mol. The number of aromatic nitrogens is 3. The molecule has 2 amide bonds. The quantitative estimate of drug-likeness (QED) is 0.125. The first-order valence-electron chi connectivity index (χ1n) is 16.8. The molecule has 0 bridgehead atoms. The van der Waals surface area contributed by atoms with E-state index in [0.717, 1.165) is 58.1 Å². The lowest BCUT2D eigenvalue weighted by Crippen LogP contribution is -2.35. The van der Waals surface area contributed by atoms with Crippen molar-refractivity contribution in [2.75, 3.05) is 20.2 Å². The molecule has 4 N–H and O–H groups in total. The van der Waals surface area contributed by atoms with E-state index >= 15 is 0 Å². The smallest absolute Gasteiger partial charge is 0.220 e. The second-order valence-electron chi connectivity index (χ2n) is 12.9. The fraction of sp³-hybridized carbons (Fsp3) is 0.316. The minimum Gasteiger partial charge on any atom is -0.481 e. The summed E-state index contributed by atoms with van der Waals surface area (Å²) in [5.74, 6) is 0.736. The van der Waals surface area contributed by atoms with Gasteiger partial charge in [-0.2, -0.15) is 0 Å². The van der Waals surface area contributed by atoms with Crippen molar-refractivity contribution in [2.24, 2.45) is 7.05 Å². The van der Waals surface area contributed by atoms with E-state index in [1.165, 1.54) is 5.56 Å². The number of ether oxygens (including phenoxy) is 1. The van der Waals surface area contributed by atoms with Gasteiger partial charge in [-0.1, -0.05) is 59.6 Å². The summed E-state index contributed by atoms with van der Waals surface area (Å²) in [7, 11) is 3.64. The zero-order valence-corrected chi connectivity index (χ0v) is 29.5. The second kappa shape index (κ2) is 14.8. The van der Waals surface area contributed by atoms with E-state index in [0.29, 0.717) is 59.8 Å². The van der Waals surface area contributed by atoms with Crippen molar-refractivity contribution >= 4 is 45.9 Å². The summed E-state index contributed by atoms with van der Waals surface area (Å²) < 4.78 is 7.77. The number of pyridine rings is 2. The number of methoxy groups -OCH3 is 1. The van der Waals surface area contributed by atoms with Crippen LogP contribution in [-0.2, 0) is 29.7 Å². The maximum absolute atomic E-state index is 11.5. The van der Waals surface area contributed by atoms with Gasteiger partial charge in [-0.25, -0.2) is 4.98 Å². The van der Waals surface area contributed by atoms with Gasteiger partial charge in [0, 0.05) is 109 Å². The zero-order chi connectivity index (χ0) is 34.8. The maximum Gasteiger partial charge on any atom is 0.220 e. The molecule has 0 radical (unpaired) electrons. The molecule has 12 heteroatoms. The largest absolute Gasteiger partial charge is 0.481 e. The average molecular weight is 713 g/mol. The van der Waals surface area contributed by atoms with Crippen LogP contribution in [0.25, 0.3) is 44.5 Å². The summed E-state index contributed by atoms with van der Waals surface area (Å²) in [6.07, 6.45) is 6.77. The number of hydrogen-bond donors (Lipinski definition) is 4. The van der Waals surface area contributed by atoms with Gasteiger partial charge in [0.1, 0.15) is 0 Å². The van der Waals surface area contributed by atoms with E-state index in [2.05, 4.69) is 55.2 Å². The molecule has 50 heavy (non-hydrogen) atoms. The lowest BCUT2D eigenvalue weighted by Gasteiger charge is -2.15. The Labute approximate surface area is 300 Å². The van der Waals surface area contributed by atoms with Crippen LogP contribution in [0.15, 0.2) is 67.0 Å². The fourth-order valence-corrected chi connectivity index (χ4v) is 7.55. The molecule has 2 aliphatic heterocycles. The summed E-state index contributed by atoms with van der Waals surface area (Å²) in [6, 6.07) is 18.2. The number of carbonyl (C=O) groups excluding carboxylic acids is 2. The first-order valence-corrected chi connectivity index (χ1v) is 17.6. The predicted molar refractivity (Wildman–Crippen MR) is 197 cm³/mol. The van der Waals surface area contributed by atoms with Crippen LogP contribution in [0.2, 0.25) is 10.0 Å². The Hall–Kier alpha value is -4.48. The topological polar surface area (TPSA) is 122 Å². The molecule has 0 aliphatic carbocycles. The second-order valence-corrected chi connectivity index (χ2v) is 13.7. The molecule has 2 aliphatic rings. The monoisotopic (exact) mass is 711 g/mol. The zero-order valence-electron chi connectivity index (χ0n) is 28.0. The van der Waals surface area contributed by atoms with Gasteiger partial charge in [0.05, 0.1) is 28.5 Å². The fourth-order valence-electron chi connectivity index (χ4n) is 6.90. The van der Waals surface area contributed by atoms with Gasteiger partial charge in [0.2, 0.25) is 17.7 Å². The number of nitrogens with zero attached hydrogens (tertiary/aromatic N) is 3. The number of aryl methyl sites for hydroxylation is 1. The highest BCUT2D eigenvalue weighted by molar-refractivity contribution is 6.39. The number of benzene rings is 2. The first-order chi connectivity index (χ1) is 24.3. The first kappa shape index (κ1) is 34.0. The standard InChI is InChI=1S/C38H39Cl2N7O3/c1-47-21-24(18-42-20-26-9-13-34(49)45-26)27-10-6-22(16-32(27)47)37-36(40)29(14-15-43-37)28-4-3-5-30(35(28)39)31-11-7-23(38(46-31)50-2)17-41-19-25-8-12-33(48)44-25/h3-7,10-11,14-16,21,25-26,41-42H,8-9,12-13,17-20H2,1-2H3,(H,44,48)(H,45,49)/t25-,26-/m1/s1. The summed E-state index contributed by atoms with van der Waals surface area (Å²) in [6.45, 7) is 2.68. The lowest BCUT2D eigenvalue weighted by molar-refractivity contribution is -0.120. The third-order valence-electron chi connectivity index (χ3n) is 9.52. The van der Waals surface area contributed by atoms with E-state index < -0.39 is 0 Å². The van der Waals surface area contributed by atoms with Crippen LogP contribution in [0, 0.1) is 0 Å². The van der Waals surface area contributed by atoms with Gasteiger partial charge in [0.25, 0.3) is 0 Å². The minimum absolute atomic E-state index is 0.101. The Bertz CT molecular complexity index is 2080. The summed E-state index contributed by atoms with van der Waals surface area (Å²) in [5, 5.41) is 15.1. The van der Waals surface area contributed by atoms with Gasteiger partial charge in [-0.15, -0.1) is 0 Å². The highest BCUT2D eigenvalue weighted by atomic mass is 35.5. The molecule has 0 unspecified atom stereocenters. The molecule has 0 saturated carbocycles. The van der Waals surface area contributed by atoms with Crippen molar-refractivity contribution in [3.8, 4) is 39.5 Å². The van der Waals surface area contributed by atoms with Gasteiger partial charge in [0.15, 0.2) is 0 Å². The normalized spacial score (nSPS) is 17.4. The number of nitrogens with one attached hydrogen (secondary N) is 4. The Balaban J connectivity index is 1.11. The lowest BCUT2D eigenvalue weighted by atomic mass is 9.99. The van der Waals surface area contributed by atoms with Crippen LogP contribution >= 0.6 is 23.2 Å². The highest BCUT2D eigenvalue weighted by Crippen LogP contribution is 2.42. The molecule has 0 spiro atoms. The molecule has 2 fully saturated rings. The van der Waals surface area contributed by atoms with Crippen LogP contribution in [-0.4, -0.2) is 58.6 Å². The van der Waals surface area contributed by atoms with Crippen LogP contribution < -0.4 is 26.0 Å². The molecule has 258 valence electrons. The number of halogens is 2. The van der Waals surface area contributed by atoms with Crippen LogP contribution in [0.3, 0.4) is 0 Å². The molecule has 2 aromatic carbocycles. The van der Waals surface area contributed by atoms with Crippen molar-refractivity contribution in [3.63, 3.8) is 0 Å². The van der Waals surface area contributed by atoms with Crippen molar-refractivity contribution in [1.82, 2.24) is 35.8 Å². The highest BCUT2D eigenvalue weighted by Gasteiger charge is 2.22. The molecule has 2 atom stereocenters. The third kappa shape index (κ3) is 7.07. The molecule has 3 aromatic heterocycles. The van der Waals surface area contributed by atoms with E-state index in [4.69, 9.17) is 32.9 Å². The molecular formula is C38H39Cl2N7O3. The molecule has 5 heterocycles. The predicted octanol–water partition coefficient (Wildman–Crippen LogP) is 6.02. The summed E-state index contributed by atoms with van der Waals surface area (Å²) in [4.78, 5) is 32.6.